The predicted octanol–water partition coefficient (Wildman–Crippen LogP) is 6.08. The maximum absolute atomic E-state index is 14.1. The molecule has 1 unspecified atom stereocenters. The summed E-state index contributed by atoms with van der Waals surface area (Å²) in [6, 6.07) is 20.2. The summed E-state index contributed by atoms with van der Waals surface area (Å²) in [7, 11) is -3.96. The number of nitrogens with zero attached hydrogens (tertiary/aromatic N) is 2. The number of amides is 2. The van der Waals surface area contributed by atoms with Crippen molar-refractivity contribution in [1.82, 2.24) is 10.2 Å². The number of nitrogens with one attached hydrogen (secondary N) is 1. The zero-order valence-corrected chi connectivity index (χ0v) is 26.6. The Morgan fingerprint density at radius 2 is 1.60 bits per heavy atom. The molecule has 0 fully saturated rings. The molecular formula is C29H32BrCl2N3O4S. The van der Waals surface area contributed by atoms with Crippen molar-refractivity contribution in [3.63, 3.8) is 0 Å². The van der Waals surface area contributed by atoms with Crippen LogP contribution in [0, 0.1) is 0 Å². The maximum atomic E-state index is 14.1. The van der Waals surface area contributed by atoms with E-state index in [0.29, 0.717) is 0 Å². The fourth-order valence-corrected chi connectivity index (χ4v) is 5.85. The van der Waals surface area contributed by atoms with E-state index < -0.39 is 34.1 Å². The molecule has 0 aromatic heterocycles. The quantitative estimate of drug-likeness (QED) is 0.284. The minimum absolute atomic E-state index is 0.0637. The number of carbonyl (C=O) groups excluding carboxylic acids is 2. The lowest BCUT2D eigenvalue weighted by Gasteiger charge is -2.35. The molecule has 0 aliphatic rings. The summed E-state index contributed by atoms with van der Waals surface area (Å²) < 4.78 is 27.5. The highest BCUT2D eigenvalue weighted by molar-refractivity contribution is 9.10. The molecule has 0 radical (unpaired) electrons. The van der Waals surface area contributed by atoms with E-state index in [-0.39, 0.29) is 34.6 Å². The van der Waals surface area contributed by atoms with Crippen LogP contribution in [0.15, 0.2) is 77.3 Å². The van der Waals surface area contributed by atoms with Crippen LogP contribution in [0.4, 0.5) is 5.69 Å². The van der Waals surface area contributed by atoms with Crippen molar-refractivity contribution in [2.75, 3.05) is 17.1 Å². The number of hydrogen-bond donors (Lipinski definition) is 1. The number of hydrogen-bond acceptors (Lipinski definition) is 4. The molecular weight excluding hydrogens is 637 g/mol. The zero-order valence-electron chi connectivity index (χ0n) is 22.7. The molecule has 0 aliphatic carbocycles. The Bertz CT molecular complexity index is 1460. The van der Waals surface area contributed by atoms with Crippen molar-refractivity contribution in [3.05, 3.63) is 98.4 Å². The van der Waals surface area contributed by atoms with Gasteiger partial charge in [-0.3, -0.25) is 13.9 Å². The Morgan fingerprint density at radius 1 is 0.950 bits per heavy atom. The van der Waals surface area contributed by atoms with E-state index in [9.17, 15) is 18.0 Å². The lowest BCUT2D eigenvalue weighted by Crippen LogP contribution is -2.56. The van der Waals surface area contributed by atoms with E-state index >= 15 is 0 Å². The van der Waals surface area contributed by atoms with Gasteiger partial charge in [0.25, 0.3) is 0 Å². The van der Waals surface area contributed by atoms with Crippen molar-refractivity contribution < 1.29 is 18.0 Å². The van der Waals surface area contributed by atoms with Gasteiger partial charge in [-0.1, -0.05) is 81.6 Å². The van der Waals surface area contributed by atoms with E-state index in [2.05, 4.69) is 21.2 Å². The smallest absolute Gasteiger partial charge is 0.244 e. The third-order valence-corrected chi connectivity index (χ3v) is 8.04. The van der Waals surface area contributed by atoms with Gasteiger partial charge in [-0.2, -0.15) is 0 Å². The number of benzene rings is 3. The summed E-state index contributed by atoms with van der Waals surface area (Å²) in [6.07, 6.45) is 1.21. The lowest BCUT2D eigenvalue weighted by molar-refractivity contribution is -0.140. The van der Waals surface area contributed by atoms with E-state index in [4.69, 9.17) is 23.2 Å². The van der Waals surface area contributed by atoms with Gasteiger partial charge in [0.1, 0.15) is 12.6 Å². The first kappa shape index (κ1) is 31.9. The van der Waals surface area contributed by atoms with Gasteiger partial charge >= 0.3 is 0 Å². The lowest BCUT2D eigenvalue weighted by atomic mass is 10.0. The normalized spacial score (nSPS) is 12.5. The Hall–Kier alpha value is -2.59. The van der Waals surface area contributed by atoms with Gasteiger partial charge in [0.05, 0.1) is 17.0 Å². The summed E-state index contributed by atoms with van der Waals surface area (Å²) in [5.41, 5.74) is 1.12. The van der Waals surface area contributed by atoms with Crippen LogP contribution in [0.5, 0.6) is 0 Å². The first-order chi connectivity index (χ1) is 18.6. The molecule has 0 aliphatic heterocycles. The first-order valence-electron chi connectivity index (χ1n) is 12.5. The average Bonchev–Trinajstić information content (AvgIpc) is 2.85. The van der Waals surface area contributed by atoms with E-state index in [1.165, 1.54) is 23.1 Å². The first-order valence-corrected chi connectivity index (χ1v) is 15.9. The highest BCUT2D eigenvalue weighted by Crippen LogP contribution is 2.31. The van der Waals surface area contributed by atoms with Crippen LogP contribution < -0.4 is 9.62 Å². The van der Waals surface area contributed by atoms with Crippen LogP contribution in [0.2, 0.25) is 10.0 Å². The van der Waals surface area contributed by atoms with Gasteiger partial charge < -0.3 is 10.2 Å². The van der Waals surface area contributed by atoms with Gasteiger partial charge in [0.2, 0.25) is 21.8 Å². The monoisotopic (exact) mass is 667 g/mol. The molecule has 3 rings (SSSR count). The van der Waals surface area contributed by atoms with Crippen molar-refractivity contribution >= 4 is 66.7 Å². The number of rotatable bonds is 10. The molecule has 0 saturated carbocycles. The third kappa shape index (κ3) is 9.23. The van der Waals surface area contributed by atoms with E-state index in [1.807, 2.05) is 75.4 Å². The topological polar surface area (TPSA) is 86.8 Å². The molecule has 1 N–H and O–H groups in total. The maximum Gasteiger partial charge on any atom is 0.244 e. The molecule has 3 aromatic carbocycles. The molecule has 40 heavy (non-hydrogen) atoms. The van der Waals surface area contributed by atoms with Crippen LogP contribution >= 0.6 is 39.1 Å². The average molecular weight is 669 g/mol. The Kier molecular flexibility index (Phi) is 10.7. The Morgan fingerprint density at radius 3 is 2.20 bits per heavy atom. The summed E-state index contributed by atoms with van der Waals surface area (Å²) in [5, 5.41) is 3.37. The number of halogens is 3. The fourth-order valence-electron chi connectivity index (χ4n) is 4.11. The second-order valence-corrected chi connectivity index (χ2v) is 14.1. The molecule has 11 heteroatoms. The summed E-state index contributed by atoms with van der Waals surface area (Å²) >= 11 is 15.9. The van der Waals surface area contributed by atoms with Gasteiger partial charge in [-0.15, -0.1) is 0 Å². The highest BCUT2D eigenvalue weighted by atomic mass is 79.9. The highest BCUT2D eigenvalue weighted by Gasteiger charge is 2.34. The van der Waals surface area contributed by atoms with Crippen LogP contribution in [0.25, 0.3) is 0 Å². The van der Waals surface area contributed by atoms with Crippen LogP contribution in [0.3, 0.4) is 0 Å². The van der Waals surface area contributed by atoms with Crippen molar-refractivity contribution in [2.24, 2.45) is 0 Å². The zero-order chi connectivity index (χ0) is 29.7. The predicted molar refractivity (Wildman–Crippen MR) is 165 cm³/mol. The van der Waals surface area contributed by atoms with Crippen LogP contribution in [-0.2, 0) is 32.6 Å². The molecule has 0 saturated heterocycles. The molecule has 3 aromatic rings. The Balaban J connectivity index is 2.10. The minimum Gasteiger partial charge on any atom is -0.350 e. The largest absolute Gasteiger partial charge is 0.350 e. The van der Waals surface area contributed by atoms with Crippen LogP contribution in [0.1, 0.15) is 31.9 Å². The molecule has 1 atom stereocenters. The minimum atomic E-state index is -3.96. The van der Waals surface area contributed by atoms with Crippen molar-refractivity contribution in [1.29, 1.82) is 0 Å². The molecule has 0 spiro atoms. The van der Waals surface area contributed by atoms with Gasteiger partial charge in [-0.25, -0.2) is 8.42 Å². The third-order valence-electron chi connectivity index (χ3n) is 5.87. The van der Waals surface area contributed by atoms with Crippen LogP contribution in [-0.4, -0.2) is 49.5 Å². The van der Waals surface area contributed by atoms with Gasteiger partial charge in [0, 0.05) is 28.0 Å². The fraction of sp³-hybridized carbons (Fsp3) is 0.310. The molecule has 0 heterocycles. The van der Waals surface area contributed by atoms with Crippen molar-refractivity contribution in [3.8, 4) is 0 Å². The molecule has 7 nitrogen and oxygen atoms in total. The SMILES string of the molecule is CC(C)(C)NC(=O)C(Cc1ccccc1)N(Cc1cccc(Br)c1)C(=O)CN(c1cc(Cl)ccc1Cl)S(C)(=O)=O. The van der Waals surface area contributed by atoms with E-state index in [1.54, 1.807) is 0 Å². The summed E-state index contributed by atoms with van der Waals surface area (Å²) in [4.78, 5) is 29.3. The Labute approximate surface area is 254 Å². The number of sulfonamides is 1. The van der Waals surface area contributed by atoms with Gasteiger partial charge in [0.15, 0.2) is 0 Å². The van der Waals surface area contributed by atoms with Crippen molar-refractivity contribution in [2.45, 2.75) is 45.3 Å². The molecule has 2 amide bonds. The second kappa shape index (κ2) is 13.4. The van der Waals surface area contributed by atoms with E-state index in [0.717, 1.165) is 26.2 Å². The molecule has 214 valence electrons. The van der Waals surface area contributed by atoms with Gasteiger partial charge in [-0.05, 0) is 62.2 Å². The summed E-state index contributed by atoms with van der Waals surface area (Å²) in [5.74, 6) is -0.933. The second-order valence-electron chi connectivity index (χ2n) is 10.5. The number of carbonyl (C=O) groups is 2. The number of anilines is 1. The summed E-state index contributed by atoms with van der Waals surface area (Å²) in [6.45, 7) is 5.06. The molecule has 0 bridgehead atoms. The standard InChI is InChI=1S/C29H32BrCl2N3O4S/c1-29(2,3)33-28(37)26(16-20-9-6-5-7-10-20)34(18-21-11-8-12-22(30)15-21)27(36)19-35(40(4,38)39)25-17-23(31)13-14-24(25)32/h5-15,17,26H,16,18-19H2,1-4H3,(H,33,37).